The zero-order valence-corrected chi connectivity index (χ0v) is 11.5. The minimum Gasteiger partial charge on any atom is -0.493 e. The third-order valence-corrected chi connectivity index (χ3v) is 2.80. The molecule has 1 N–H and O–H groups in total. The van der Waals surface area contributed by atoms with Crippen molar-refractivity contribution in [3.8, 4) is 11.5 Å². The van der Waals surface area contributed by atoms with Crippen LogP contribution in [-0.2, 0) is 0 Å². The van der Waals surface area contributed by atoms with E-state index >= 15 is 0 Å². The zero-order valence-electron chi connectivity index (χ0n) is 9.96. The van der Waals surface area contributed by atoms with E-state index in [0.29, 0.717) is 23.6 Å². The molecule has 0 aliphatic rings. The number of rotatable bonds is 6. The number of carbonyl (C=O) groups is 1. The molecule has 0 saturated carbocycles. The summed E-state index contributed by atoms with van der Waals surface area (Å²) in [5.41, 5.74) is 0.487. The lowest BCUT2D eigenvalue weighted by atomic mass is 10.1. The SMILES string of the molecule is COc1cccc(C(=O)NCCCBr)c1OC. The Labute approximate surface area is 109 Å². The molecule has 1 amide bonds. The monoisotopic (exact) mass is 301 g/mol. The molecule has 94 valence electrons. The molecule has 0 aliphatic heterocycles. The molecule has 0 unspecified atom stereocenters. The molecule has 0 atom stereocenters. The second kappa shape index (κ2) is 7.17. The van der Waals surface area contributed by atoms with E-state index in [-0.39, 0.29) is 5.91 Å². The molecule has 0 radical (unpaired) electrons. The molecule has 0 fully saturated rings. The fourth-order valence-corrected chi connectivity index (χ4v) is 1.71. The van der Waals surface area contributed by atoms with Crippen LogP contribution in [0.25, 0.3) is 0 Å². The number of para-hydroxylation sites is 1. The van der Waals surface area contributed by atoms with Crippen molar-refractivity contribution in [2.45, 2.75) is 6.42 Å². The van der Waals surface area contributed by atoms with Gasteiger partial charge in [0.25, 0.3) is 5.91 Å². The number of hydrogen-bond donors (Lipinski definition) is 1. The Kier molecular flexibility index (Phi) is 5.83. The first-order valence-electron chi connectivity index (χ1n) is 5.29. The summed E-state index contributed by atoms with van der Waals surface area (Å²) in [5.74, 6) is 0.869. The molecular formula is C12H16BrNO3. The number of carbonyl (C=O) groups excluding carboxylic acids is 1. The van der Waals surface area contributed by atoms with Gasteiger partial charge in [-0.15, -0.1) is 0 Å². The lowest BCUT2D eigenvalue weighted by Crippen LogP contribution is -2.25. The van der Waals surface area contributed by atoms with Crippen LogP contribution in [0.2, 0.25) is 0 Å². The maximum absolute atomic E-state index is 11.9. The van der Waals surface area contributed by atoms with Crippen LogP contribution in [0.1, 0.15) is 16.8 Å². The predicted octanol–water partition coefficient (Wildman–Crippen LogP) is 2.22. The highest BCUT2D eigenvalue weighted by Crippen LogP contribution is 2.30. The van der Waals surface area contributed by atoms with Gasteiger partial charge in [-0.2, -0.15) is 0 Å². The Bertz CT molecular complexity index is 382. The van der Waals surface area contributed by atoms with Gasteiger partial charge in [0.2, 0.25) is 0 Å². The van der Waals surface area contributed by atoms with Crippen LogP contribution < -0.4 is 14.8 Å². The topological polar surface area (TPSA) is 47.6 Å². The van der Waals surface area contributed by atoms with E-state index in [1.807, 2.05) is 0 Å². The first kappa shape index (κ1) is 13.8. The molecule has 0 bridgehead atoms. The molecule has 17 heavy (non-hydrogen) atoms. The Morgan fingerprint density at radius 2 is 2.12 bits per heavy atom. The van der Waals surface area contributed by atoms with Crippen LogP contribution in [0.15, 0.2) is 18.2 Å². The Balaban J connectivity index is 2.85. The standard InChI is InChI=1S/C12H16BrNO3/c1-16-10-6-3-5-9(11(10)17-2)12(15)14-8-4-7-13/h3,5-6H,4,7-8H2,1-2H3,(H,14,15). The number of halogens is 1. The van der Waals surface area contributed by atoms with Crippen molar-refractivity contribution in [1.82, 2.24) is 5.32 Å². The maximum Gasteiger partial charge on any atom is 0.255 e. The van der Waals surface area contributed by atoms with E-state index < -0.39 is 0 Å². The van der Waals surface area contributed by atoms with E-state index in [1.165, 1.54) is 7.11 Å². The summed E-state index contributed by atoms with van der Waals surface area (Å²) in [7, 11) is 3.07. The van der Waals surface area contributed by atoms with E-state index in [9.17, 15) is 4.79 Å². The minimum atomic E-state index is -0.151. The average Bonchev–Trinajstić information content (AvgIpc) is 2.37. The van der Waals surface area contributed by atoms with Gasteiger partial charge in [0, 0.05) is 11.9 Å². The largest absolute Gasteiger partial charge is 0.493 e. The molecule has 1 aromatic carbocycles. The van der Waals surface area contributed by atoms with Gasteiger partial charge < -0.3 is 14.8 Å². The summed E-state index contributed by atoms with van der Waals surface area (Å²) < 4.78 is 10.3. The number of hydrogen-bond acceptors (Lipinski definition) is 3. The lowest BCUT2D eigenvalue weighted by Gasteiger charge is -2.12. The van der Waals surface area contributed by atoms with E-state index in [0.717, 1.165) is 11.8 Å². The molecule has 5 heteroatoms. The van der Waals surface area contributed by atoms with E-state index in [1.54, 1.807) is 25.3 Å². The van der Waals surface area contributed by atoms with Gasteiger partial charge in [0.05, 0.1) is 19.8 Å². The smallest absolute Gasteiger partial charge is 0.255 e. The van der Waals surface area contributed by atoms with Crippen molar-refractivity contribution >= 4 is 21.8 Å². The number of methoxy groups -OCH3 is 2. The predicted molar refractivity (Wildman–Crippen MR) is 70.3 cm³/mol. The van der Waals surface area contributed by atoms with Crippen LogP contribution in [-0.4, -0.2) is 32.0 Å². The van der Waals surface area contributed by atoms with Gasteiger partial charge in [-0.05, 0) is 18.6 Å². The molecule has 0 heterocycles. The molecule has 0 aliphatic carbocycles. The summed E-state index contributed by atoms with van der Waals surface area (Å²) >= 11 is 3.31. The van der Waals surface area contributed by atoms with Gasteiger partial charge in [-0.1, -0.05) is 22.0 Å². The zero-order chi connectivity index (χ0) is 12.7. The van der Waals surface area contributed by atoms with E-state index in [2.05, 4.69) is 21.2 Å². The summed E-state index contributed by atoms with van der Waals surface area (Å²) in [6.07, 6.45) is 0.887. The molecule has 0 saturated heterocycles. The highest BCUT2D eigenvalue weighted by atomic mass is 79.9. The van der Waals surface area contributed by atoms with Crippen LogP contribution >= 0.6 is 15.9 Å². The van der Waals surface area contributed by atoms with Gasteiger partial charge in [0.1, 0.15) is 0 Å². The van der Waals surface area contributed by atoms with Crippen molar-refractivity contribution in [3.05, 3.63) is 23.8 Å². The fourth-order valence-electron chi connectivity index (χ4n) is 1.43. The van der Waals surface area contributed by atoms with Gasteiger partial charge >= 0.3 is 0 Å². The minimum absolute atomic E-state index is 0.151. The number of benzene rings is 1. The second-order valence-corrected chi connectivity index (χ2v) is 4.13. The van der Waals surface area contributed by atoms with Gasteiger partial charge in [0.15, 0.2) is 11.5 Å². The van der Waals surface area contributed by atoms with Gasteiger partial charge in [-0.3, -0.25) is 4.79 Å². The lowest BCUT2D eigenvalue weighted by molar-refractivity contribution is 0.0950. The Hall–Kier alpha value is -1.23. The number of amides is 1. The average molecular weight is 302 g/mol. The molecule has 1 rings (SSSR count). The maximum atomic E-state index is 11.9. The number of nitrogens with one attached hydrogen (secondary N) is 1. The van der Waals surface area contributed by atoms with E-state index in [4.69, 9.17) is 9.47 Å². The first-order valence-corrected chi connectivity index (χ1v) is 6.42. The van der Waals surface area contributed by atoms with Crippen molar-refractivity contribution in [2.75, 3.05) is 26.1 Å². The normalized spacial score (nSPS) is 9.82. The molecule has 0 aromatic heterocycles. The molecular weight excluding hydrogens is 286 g/mol. The molecule has 4 nitrogen and oxygen atoms in total. The first-order chi connectivity index (χ1) is 8.24. The Morgan fingerprint density at radius 1 is 1.35 bits per heavy atom. The van der Waals surface area contributed by atoms with Crippen LogP contribution in [0.3, 0.4) is 0 Å². The van der Waals surface area contributed by atoms with Crippen molar-refractivity contribution in [2.24, 2.45) is 0 Å². The van der Waals surface area contributed by atoms with Crippen molar-refractivity contribution in [1.29, 1.82) is 0 Å². The van der Waals surface area contributed by atoms with Crippen molar-refractivity contribution in [3.63, 3.8) is 0 Å². The quantitative estimate of drug-likeness (QED) is 0.647. The number of ether oxygens (including phenoxy) is 2. The van der Waals surface area contributed by atoms with Crippen molar-refractivity contribution < 1.29 is 14.3 Å². The summed E-state index contributed by atoms with van der Waals surface area (Å²) in [6.45, 7) is 0.629. The molecule has 0 spiro atoms. The summed E-state index contributed by atoms with van der Waals surface area (Å²) in [4.78, 5) is 11.9. The Morgan fingerprint density at radius 3 is 2.71 bits per heavy atom. The molecule has 1 aromatic rings. The fraction of sp³-hybridized carbons (Fsp3) is 0.417. The highest BCUT2D eigenvalue weighted by molar-refractivity contribution is 9.09. The van der Waals surface area contributed by atoms with Crippen LogP contribution in [0.4, 0.5) is 0 Å². The van der Waals surface area contributed by atoms with Crippen LogP contribution in [0, 0.1) is 0 Å². The second-order valence-electron chi connectivity index (χ2n) is 3.34. The highest BCUT2D eigenvalue weighted by Gasteiger charge is 2.15. The third kappa shape index (κ3) is 3.63. The summed E-state index contributed by atoms with van der Waals surface area (Å²) in [5, 5.41) is 3.69. The summed E-state index contributed by atoms with van der Waals surface area (Å²) in [6, 6.07) is 5.24. The third-order valence-electron chi connectivity index (χ3n) is 2.24. The van der Waals surface area contributed by atoms with Gasteiger partial charge in [-0.25, -0.2) is 0 Å². The number of alkyl halides is 1. The van der Waals surface area contributed by atoms with Crippen LogP contribution in [0.5, 0.6) is 11.5 Å².